The number of halogens is 4. The Bertz CT molecular complexity index is 1320. The maximum atomic E-state index is 13.9. The van der Waals surface area contributed by atoms with Gasteiger partial charge in [-0.15, -0.1) is 0 Å². The molecule has 3 aromatic carbocycles. The van der Waals surface area contributed by atoms with Crippen LogP contribution in [0.2, 0.25) is 15.1 Å². The quantitative estimate of drug-likeness (QED) is 0.246. The predicted molar refractivity (Wildman–Crippen MR) is 130 cm³/mol. The van der Waals surface area contributed by atoms with Crippen LogP contribution in [0.1, 0.15) is 23.6 Å². The van der Waals surface area contributed by atoms with Gasteiger partial charge in [0.25, 0.3) is 0 Å². The molecule has 0 saturated heterocycles. The fraction of sp³-hybridized carbons (Fsp3) is 0.120. The van der Waals surface area contributed by atoms with E-state index in [0.717, 1.165) is 0 Å². The van der Waals surface area contributed by atoms with Crippen LogP contribution < -0.4 is 9.47 Å². The van der Waals surface area contributed by atoms with E-state index in [0.29, 0.717) is 39.1 Å². The van der Waals surface area contributed by atoms with Gasteiger partial charge >= 0.3 is 5.97 Å². The van der Waals surface area contributed by atoms with Crippen LogP contribution in [0.4, 0.5) is 4.39 Å². The summed E-state index contributed by atoms with van der Waals surface area (Å²) < 4.78 is 30.7. The predicted octanol–water partition coefficient (Wildman–Crippen LogP) is 7.11. The molecule has 0 unspecified atom stereocenters. The van der Waals surface area contributed by atoms with Crippen LogP contribution in [0, 0.1) is 5.82 Å². The summed E-state index contributed by atoms with van der Waals surface area (Å²) in [6.45, 7) is 2.11. The number of esters is 1. The molecular formula is C25H17Cl3FNO4. The number of hydrogen-bond donors (Lipinski definition) is 0. The summed E-state index contributed by atoms with van der Waals surface area (Å²) in [6.07, 6.45) is 1.51. The highest BCUT2D eigenvalue weighted by atomic mass is 35.5. The SMILES string of the molecule is CCOc1cc(/C=C2\N=C(c3ccc(Cl)cc3Cl)OC2=O)cc(Cl)c1OCc1ccccc1F. The molecule has 34 heavy (non-hydrogen) atoms. The third kappa shape index (κ3) is 5.36. The second-order valence-electron chi connectivity index (χ2n) is 7.10. The minimum Gasteiger partial charge on any atom is -0.490 e. The third-order valence-corrected chi connectivity index (χ3v) is 5.58. The average Bonchev–Trinajstić information content (AvgIpc) is 3.14. The van der Waals surface area contributed by atoms with Crippen molar-refractivity contribution in [2.45, 2.75) is 13.5 Å². The number of hydrogen-bond acceptors (Lipinski definition) is 5. The Hall–Kier alpha value is -3.06. The molecule has 1 aliphatic heterocycles. The summed E-state index contributed by atoms with van der Waals surface area (Å²) in [5.74, 6) is -0.351. The zero-order valence-electron chi connectivity index (χ0n) is 17.8. The van der Waals surface area contributed by atoms with Crippen LogP contribution in [-0.2, 0) is 16.1 Å². The highest BCUT2D eigenvalue weighted by Gasteiger charge is 2.26. The standard InChI is InChI=1S/C25H17Cl3FNO4/c1-2-32-22-11-14(9-19(28)23(22)33-13-15-5-3-4-6-20(15)29)10-21-25(31)34-24(30-21)17-8-7-16(26)12-18(17)27/h3-12H,2,13H2,1H3/b21-10-. The second-order valence-corrected chi connectivity index (χ2v) is 8.35. The molecule has 0 fully saturated rings. The van der Waals surface area contributed by atoms with Gasteiger partial charge in [-0.2, -0.15) is 0 Å². The molecule has 0 radical (unpaired) electrons. The summed E-state index contributed by atoms with van der Waals surface area (Å²) in [6, 6.07) is 14.3. The first-order valence-corrected chi connectivity index (χ1v) is 11.3. The largest absolute Gasteiger partial charge is 0.490 e. The molecule has 0 spiro atoms. The van der Waals surface area contributed by atoms with Crippen LogP contribution >= 0.6 is 34.8 Å². The van der Waals surface area contributed by atoms with Crippen molar-refractivity contribution in [3.05, 3.63) is 97.9 Å². The molecule has 1 aliphatic rings. The third-order valence-electron chi connectivity index (χ3n) is 4.75. The van der Waals surface area contributed by atoms with E-state index in [1.165, 1.54) is 18.2 Å². The highest BCUT2D eigenvalue weighted by Crippen LogP contribution is 2.38. The number of nitrogens with zero attached hydrogens (tertiary/aromatic N) is 1. The number of carbonyl (C=O) groups is 1. The zero-order valence-corrected chi connectivity index (χ0v) is 20.0. The van der Waals surface area contributed by atoms with E-state index in [9.17, 15) is 9.18 Å². The molecule has 0 aliphatic carbocycles. The molecule has 9 heteroatoms. The molecule has 4 rings (SSSR count). The molecule has 1 heterocycles. The number of aliphatic imine (C=N–C) groups is 1. The summed E-state index contributed by atoms with van der Waals surface area (Å²) >= 11 is 18.6. The Morgan fingerprint density at radius 2 is 1.82 bits per heavy atom. The van der Waals surface area contributed by atoms with Crippen molar-refractivity contribution in [3.8, 4) is 11.5 Å². The van der Waals surface area contributed by atoms with E-state index < -0.39 is 5.97 Å². The van der Waals surface area contributed by atoms with Crippen LogP contribution in [-0.4, -0.2) is 18.5 Å². The molecule has 3 aromatic rings. The molecule has 0 atom stereocenters. The van der Waals surface area contributed by atoms with Gasteiger partial charge in [0.15, 0.2) is 17.2 Å². The second kappa shape index (κ2) is 10.5. The molecule has 174 valence electrons. The Morgan fingerprint density at radius 1 is 1.03 bits per heavy atom. The number of benzene rings is 3. The molecule has 5 nitrogen and oxygen atoms in total. The Kier molecular flexibility index (Phi) is 7.41. The van der Waals surface area contributed by atoms with Gasteiger partial charge < -0.3 is 14.2 Å². The van der Waals surface area contributed by atoms with Gasteiger partial charge in [-0.25, -0.2) is 14.2 Å². The lowest BCUT2D eigenvalue weighted by Gasteiger charge is -2.15. The molecule has 0 N–H and O–H groups in total. The van der Waals surface area contributed by atoms with Crippen molar-refractivity contribution < 1.29 is 23.4 Å². The van der Waals surface area contributed by atoms with Gasteiger partial charge in [0.1, 0.15) is 12.4 Å². The monoisotopic (exact) mass is 519 g/mol. The first-order chi connectivity index (χ1) is 16.4. The average molecular weight is 521 g/mol. The van der Waals surface area contributed by atoms with Crippen LogP contribution in [0.5, 0.6) is 11.5 Å². The van der Waals surface area contributed by atoms with E-state index in [1.807, 2.05) is 0 Å². The van der Waals surface area contributed by atoms with Crippen molar-refractivity contribution in [2.24, 2.45) is 4.99 Å². The van der Waals surface area contributed by atoms with Crippen LogP contribution in [0.25, 0.3) is 6.08 Å². The summed E-state index contributed by atoms with van der Waals surface area (Å²) in [5, 5.41) is 0.980. The van der Waals surface area contributed by atoms with Crippen molar-refractivity contribution >= 4 is 52.7 Å². The number of cyclic esters (lactones) is 1. The smallest absolute Gasteiger partial charge is 0.363 e. The van der Waals surface area contributed by atoms with Crippen LogP contribution in [0.3, 0.4) is 0 Å². The first-order valence-electron chi connectivity index (χ1n) is 10.2. The lowest BCUT2D eigenvalue weighted by atomic mass is 10.1. The van der Waals surface area contributed by atoms with E-state index in [4.69, 9.17) is 49.0 Å². The molecule has 0 saturated carbocycles. The molecular weight excluding hydrogens is 504 g/mol. The van der Waals surface area contributed by atoms with Gasteiger partial charge in [0.2, 0.25) is 5.90 Å². The van der Waals surface area contributed by atoms with E-state index >= 15 is 0 Å². The van der Waals surface area contributed by atoms with Gasteiger partial charge in [0, 0.05) is 10.6 Å². The molecule has 0 bridgehead atoms. The summed E-state index contributed by atoms with van der Waals surface area (Å²) in [5.41, 5.74) is 1.40. The number of carbonyl (C=O) groups excluding carboxylic acids is 1. The van der Waals surface area contributed by atoms with E-state index in [1.54, 1.807) is 49.4 Å². The Balaban J connectivity index is 1.63. The van der Waals surface area contributed by atoms with Gasteiger partial charge in [0.05, 0.1) is 22.2 Å². The highest BCUT2D eigenvalue weighted by molar-refractivity contribution is 6.37. The molecule has 0 amide bonds. The van der Waals surface area contributed by atoms with Crippen molar-refractivity contribution in [1.29, 1.82) is 0 Å². The topological polar surface area (TPSA) is 57.1 Å². The Morgan fingerprint density at radius 3 is 2.56 bits per heavy atom. The summed E-state index contributed by atoms with van der Waals surface area (Å²) in [4.78, 5) is 16.7. The normalized spacial score (nSPS) is 14.2. The minimum absolute atomic E-state index is 0.0330. The maximum Gasteiger partial charge on any atom is 0.363 e. The van der Waals surface area contributed by atoms with Gasteiger partial charge in [-0.3, -0.25) is 0 Å². The Labute approximate surface area is 210 Å². The summed E-state index contributed by atoms with van der Waals surface area (Å²) in [7, 11) is 0. The lowest BCUT2D eigenvalue weighted by Crippen LogP contribution is -2.06. The zero-order chi connectivity index (χ0) is 24.2. The van der Waals surface area contributed by atoms with Crippen LogP contribution in [0.15, 0.2) is 65.3 Å². The van der Waals surface area contributed by atoms with Gasteiger partial charge in [-0.1, -0.05) is 53.0 Å². The van der Waals surface area contributed by atoms with Gasteiger partial charge in [-0.05, 0) is 55.0 Å². The number of rotatable bonds is 7. The minimum atomic E-state index is -0.644. The van der Waals surface area contributed by atoms with Crippen molar-refractivity contribution in [2.75, 3.05) is 6.61 Å². The van der Waals surface area contributed by atoms with E-state index in [2.05, 4.69) is 4.99 Å². The fourth-order valence-corrected chi connectivity index (χ4v) is 3.95. The van der Waals surface area contributed by atoms with E-state index in [-0.39, 0.29) is 34.8 Å². The maximum absolute atomic E-state index is 13.9. The lowest BCUT2D eigenvalue weighted by molar-refractivity contribution is -0.129. The fourth-order valence-electron chi connectivity index (χ4n) is 3.18. The van der Waals surface area contributed by atoms with Crippen molar-refractivity contribution in [1.82, 2.24) is 0 Å². The first kappa shape index (κ1) is 24.1. The number of ether oxygens (including phenoxy) is 3. The van der Waals surface area contributed by atoms with Crippen molar-refractivity contribution in [3.63, 3.8) is 0 Å². The molecule has 0 aromatic heterocycles.